The first-order valence-corrected chi connectivity index (χ1v) is 5.90. The van der Waals surface area contributed by atoms with Gasteiger partial charge in [0.1, 0.15) is 5.82 Å². The summed E-state index contributed by atoms with van der Waals surface area (Å²) in [5.74, 6) is -0.233. The van der Waals surface area contributed by atoms with Crippen LogP contribution in [0.5, 0.6) is 0 Å². The number of benzene rings is 1. The molecule has 0 saturated carbocycles. The van der Waals surface area contributed by atoms with Crippen molar-refractivity contribution in [3.63, 3.8) is 0 Å². The minimum Gasteiger partial charge on any atom is -0.297 e. The molecule has 0 aliphatic heterocycles. The molecular weight excluding hydrogens is 231 g/mol. The van der Waals surface area contributed by atoms with Gasteiger partial charge in [0.15, 0.2) is 6.29 Å². The summed E-state index contributed by atoms with van der Waals surface area (Å²) in [6, 6.07) is 10.2. The first-order chi connectivity index (χ1) is 7.29. The molecule has 0 spiro atoms. The predicted molar refractivity (Wildman–Crippen MR) is 60.2 cm³/mol. The topological polar surface area (TPSA) is 17.1 Å². The smallest absolute Gasteiger partial charge is 0.160 e. The van der Waals surface area contributed by atoms with Gasteiger partial charge < -0.3 is 0 Å². The molecule has 76 valence electrons. The van der Waals surface area contributed by atoms with E-state index in [-0.39, 0.29) is 5.82 Å². The number of hydrogen-bond donors (Lipinski definition) is 0. The highest BCUT2D eigenvalue weighted by Crippen LogP contribution is 2.34. The molecule has 0 bridgehead atoms. The molecule has 1 heterocycles. The maximum atomic E-state index is 13.3. The van der Waals surface area contributed by atoms with Gasteiger partial charge in [-0.15, -0.1) is 11.3 Å². The summed E-state index contributed by atoms with van der Waals surface area (Å²) in [5, 5.41) is 0. The molecule has 0 aliphatic rings. The van der Waals surface area contributed by atoms with Crippen molar-refractivity contribution in [3.8, 4) is 0 Å². The van der Waals surface area contributed by atoms with Gasteiger partial charge in [0.2, 0.25) is 0 Å². The molecule has 1 aromatic carbocycles. The second-order valence-corrected chi connectivity index (χ2v) is 5.26. The number of thiophene rings is 1. The van der Waals surface area contributed by atoms with Crippen molar-refractivity contribution in [2.75, 3.05) is 0 Å². The molecular formula is C11H7FOS2. The van der Waals surface area contributed by atoms with E-state index >= 15 is 0 Å². The average molecular weight is 238 g/mol. The Morgan fingerprint density at radius 1 is 1.20 bits per heavy atom. The fourth-order valence-electron chi connectivity index (χ4n) is 1.09. The second-order valence-electron chi connectivity index (χ2n) is 2.81. The standard InChI is InChI=1S/C11H7FOS2/c12-9-3-1-2-4-10(9)15-11-6-5-8(7-13)14-11/h1-7H. The molecule has 0 saturated heterocycles. The van der Waals surface area contributed by atoms with Gasteiger partial charge in [-0.25, -0.2) is 4.39 Å². The Kier molecular flexibility index (Phi) is 3.18. The third-order valence-electron chi connectivity index (χ3n) is 1.77. The third-order valence-corrected chi connectivity index (χ3v) is 3.96. The lowest BCUT2D eigenvalue weighted by atomic mass is 10.3. The van der Waals surface area contributed by atoms with E-state index in [4.69, 9.17) is 0 Å². The lowest BCUT2D eigenvalue weighted by Gasteiger charge is -1.98. The number of carbonyl (C=O) groups excluding carboxylic acids is 1. The first-order valence-electron chi connectivity index (χ1n) is 4.27. The minimum atomic E-state index is -0.233. The summed E-state index contributed by atoms with van der Waals surface area (Å²) >= 11 is 2.70. The lowest BCUT2D eigenvalue weighted by Crippen LogP contribution is -1.77. The largest absolute Gasteiger partial charge is 0.297 e. The monoisotopic (exact) mass is 238 g/mol. The van der Waals surface area contributed by atoms with E-state index in [1.165, 1.54) is 29.2 Å². The van der Waals surface area contributed by atoms with Crippen LogP contribution >= 0.6 is 23.1 Å². The Hall–Kier alpha value is -1.13. The van der Waals surface area contributed by atoms with Gasteiger partial charge in [0, 0.05) is 4.90 Å². The van der Waals surface area contributed by atoms with Crippen molar-refractivity contribution in [2.24, 2.45) is 0 Å². The van der Waals surface area contributed by atoms with Crippen LogP contribution in [0.25, 0.3) is 0 Å². The van der Waals surface area contributed by atoms with Crippen molar-refractivity contribution < 1.29 is 9.18 Å². The maximum Gasteiger partial charge on any atom is 0.160 e. The molecule has 2 rings (SSSR count). The van der Waals surface area contributed by atoms with Crippen LogP contribution in [0.3, 0.4) is 0 Å². The Morgan fingerprint density at radius 2 is 2.00 bits per heavy atom. The molecule has 4 heteroatoms. The van der Waals surface area contributed by atoms with Gasteiger partial charge in [-0.05, 0) is 24.3 Å². The van der Waals surface area contributed by atoms with E-state index in [0.29, 0.717) is 9.77 Å². The molecule has 2 aromatic rings. The van der Waals surface area contributed by atoms with Crippen LogP contribution in [0.4, 0.5) is 4.39 Å². The SMILES string of the molecule is O=Cc1ccc(Sc2ccccc2F)s1. The summed E-state index contributed by atoms with van der Waals surface area (Å²) in [5.41, 5.74) is 0. The van der Waals surface area contributed by atoms with Crippen LogP contribution in [-0.2, 0) is 0 Å². The number of halogens is 1. The molecule has 0 aliphatic carbocycles. The second kappa shape index (κ2) is 4.59. The van der Waals surface area contributed by atoms with E-state index in [0.717, 1.165) is 10.5 Å². The van der Waals surface area contributed by atoms with Crippen LogP contribution in [0, 0.1) is 5.82 Å². The van der Waals surface area contributed by atoms with E-state index in [1.54, 1.807) is 24.3 Å². The highest BCUT2D eigenvalue weighted by atomic mass is 32.2. The van der Waals surface area contributed by atoms with Gasteiger partial charge in [-0.3, -0.25) is 4.79 Å². The first kappa shape index (κ1) is 10.4. The van der Waals surface area contributed by atoms with Gasteiger partial charge in [0.05, 0.1) is 9.09 Å². The van der Waals surface area contributed by atoms with Crippen LogP contribution in [0.1, 0.15) is 9.67 Å². The predicted octanol–water partition coefficient (Wildman–Crippen LogP) is 3.85. The van der Waals surface area contributed by atoms with Crippen molar-refractivity contribution in [1.29, 1.82) is 0 Å². The number of hydrogen-bond acceptors (Lipinski definition) is 3. The van der Waals surface area contributed by atoms with E-state index in [9.17, 15) is 9.18 Å². The summed E-state index contributed by atoms with van der Waals surface area (Å²) in [7, 11) is 0. The molecule has 0 amide bonds. The zero-order valence-electron chi connectivity index (χ0n) is 7.64. The van der Waals surface area contributed by atoms with Gasteiger partial charge in [-0.2, -0.15) is 0 Å². The van der Waals surface area contributed by atoms with Gasteiger partial charge in [0.25, 0.3) is 0 Å². The zero-order valence-corrected chi connectivity index (χ0v) is 9.28. The fourth-order valence-corrected chi connectivity index (χ4v) is 3.03. The lowest BCUT2D eigenvalue weighted by molar-refractivity contribution is 0.112. The Labute approximate surface area is 94.9 Å². The molecule has 0 fully saturated rings. The molecule has 1 nitrogen and oxygen atoms in total. The third kappa shape index (κ3) is 2.46. The quantitative estimate of drug-likeness (QED) is 0.755. The highest BCUT2D eigenvalue weighted by Gasteiger charge is 2.05. The van der Waals surface area contributed by atoms with Gasteiger partial charge >= 0.3 is 0 Å². The van der Waals surface area contributed by atoms with E-state index in [1.807, 2.05) is 6.07 Å². The Balaban J connectivity index is 2.22. The van der Waals surface area contributed by atoms with Crippen LogP contribution < -0.4 is 0 Å². The Morgan fingerprint density at radius 3 is 2.67 bits per heavy atom. The summed E-state index contributed by atoms with van der Waals surface area (Å²) in [4.78, 5) is 11.7. The summed E-state index contributed by atoms with van der Waals surface area (Å²) in [6.07, 6.45) is 0.802. The maximum absolute atomic E-state index is 13.3. The summed E-state index contributed by atoms with van der Waals surface area (Å²) < 4.78 is 14.2. The zero-order chi connectivity index (χ0) is 10.7. The minimum absolute atomic E-state index is 0.233. The van der Waals surface area contributed by atoms with Crippen LogP contribution in [0.2, 0.25) is 0 Å². The summed E-state index contributed by atoms with van der Waals surface area (Å²) in [6.45, 7) is 0. The van der Waals surface area contributed by atoms with E-state index in [2.05, 4.69) is 0 Å². The highest BCUT2D eigenvalue weighted by molar-refractivity contribution is 8.01. The van der Waals surface area contributed by atoms with Crippen molar-refractivity contribution in [1.82, 2.24) is 0 Å². The molecule has 15 heavy (non-hydrogen) atoms. The molecule has 0 N–H and O–H groups in total. The Bertz CT molecular complexity index is 479. The number of rotatable bonds is 3. The molecule has 0 unspecified atom stereocenters. The van der Waals surface area contributed by atoms with Crippen molar-refractivity contribution >= 4 is 29.4 Å². The van der Waals surface area contributed by atoms with Crippen molar-refractivity contribution in [3.05, 3.63) is 47.1 Å². The van der Waals surface area contributed by atoms with Crippen LogP contribution in [-0.4, -0.2) is 6.29 Å². The number of carbonyl (C=O) groups is 1. The number of aldehydes is 1. The van der Waals surface area contributed by atoms with E-state index < -0.39 is 0 Å². The average Bonchev–Trinajstić information content (AvgIpc) is 2.69. The van der Waals surface area contributed by atoms with Crippen LogP contribution in [0.15, 0.2) is 45.5 Å². The van der Waals surface area contributed by atoms with Gasteiger partial charge in [-0.1, -0.05) is 23.9 Å². The molecule has 0 atom stereocenters. The van der Waals surface area contributed by atoms with Crippen molar-refractivity contribution in [2.45, 2.75) is 9.10 Å². The molecule has 0 radical (unpaired) electrons. The normalized spacial score (nSPS) is 10.2. The fraction of sp³-hybridized carbons (Fsp3) is 0. The molecule has 1 aromatic heterocycles.